The number of amides is 3. The number of nitrogens with one attached hydrogen (secondary N) is 3. The van der Waals surface area contributed by atoms with Crippen LogP contribution in [-0.4, -0.2) is 55.5 Å². The van der Waals surface area contributed by atoms with Crippen molar-refractivity contribution in [3.8, 4) is 0 Å². The molecular weight excluding hydrogens is 370 g/mol. The van der Waals surface area contributed by atoms with Crippen LogP contribution in [0.25, 0.3) is 0 Å². The first kappa shape index (κ1) is 23.3. The van der Waals surface area contributed by atoms with Crippen LogP contribution in [-0.2, 0) is 23.8 Å². The summed E-state index contributed by atoms with van der Waals surface area (Å²) in [5, 5.41) is 7.56. The monoisotopic (exact) mass is 399 g/mol. The number of urea groups is 1. The Morgan fingerprint density at radius 2 is 1.82 bits per heavy atom. The maximum atomic E-state index is 12.2. The fourth-order valence-corrected chi connectivity index (χ4v) is 2.38. The van der Waals surface area contributed by atoms with E-state index in [4.69, 9.17) is 14.2 Å². The zero-order chi connectivity index (χ0) is 21.3. The Hall–Kier alpha value is -2.78. The molecule has 1 heterocycles. The lowest BCUT2D eigenvalue weighted by Crippen LogP contribution is -2.51. The molecule has 3 amide bonds. The molecule has 10 heteroatoms. The standard InChI is InChI=1S/C18H29N3O7/c1-6-11-14(15(23)26-7-2)12(21-16(24)20-11)10-27-13(22)8-9-19-17(25)28-18(3,4)5/h11H,6-10H2,1-5H3,(H,19,25)(H2,20,21,24)/t11-/m0/s1. The summed E-state index contributed by atoms with van der Waals surface area (Å²) in [6.07, 6.45) is -0.257. The van der Waals surface area contributed by atoms with Crippen molar-refractivity contribution in [2.75, 3.05) is 19.8 Å². The van der Waals surface area contributed by atoms with E-state index in [1.165, 1.54) is 0 Å². The minimum atomic E-state index is -0.635. The molecule has 0 aliphatic carbocycles. The van der Waals surface area contributed by atoms with Gasteiger partial charge >= 0.3 is 24.1 Å². The van der Waals surface area contributed by atoms with Crippen LogP contribution in [0.15, 0.2) is 11.3 Å². The minimum Gasteiger partial charge on any atom is -0.463 e. The first-order chi connectivity index (χ1) is 13.1. The summed E-state index contributed by atoms with van der Waals surface area (Å²) in [6.45, 7) is 8.58. The molecule has 0 saturated carbocycles. The Labute approximate surface area is 164 Å². The highest BCUT2D eigenvalue weighted by molar-refractivity contribution is 5.94. The SMILES string of the molecule is CCOC(=O)C1=C(COC(=O)CCNC(=O)OC(C)(C)C)NC(=O)N[C@H]1CC. The van der Waals surface area contributed by atoms with E-state index >= 15 is 0 Å². The van der Waals surface area contributed by atoms with Crippen LogP contribution >= 0.6 is 0 Å². The Morgan fingerprint density at radius 3 is 2.39 bits per heavy atom. The molecule has 158 valence electrons. The van der Waals surface area contributed by atoms with Crippen molar-refractivity contribution in [1.82, 2.24) is 16.0 Å². The lowest BCUT2D eigenvalue weighted by Gasteiger charge is -2.28. The predicted octanol–water partition coefficient (Wildman–Crippen LogP) is 1.35. The summed E-state index contributed by atoms with van der Waals surface area (Å²) in [5.74, 6) is -1.19. The van der Waals surface area contributed by atoms with Crippen LogP contribution in [0, 0.1) is 0 Å². The Balaban J connectivity index is 2.63. The fourth-order valence-electron chi connectivity index (χ4n) is 2.38. The number of rotatable bonds is 8. The van der Waals surface area contributed by atoms with Gasteiger partial charge in [-0.1, -0.05) is 6.92 Å². The van der Waals surface area contributed by atoms with Crippen molar-refractivity contribution in [3.05, 3.63) is 11.3 Å². The van der Waals surface area contributed by atoms with Crippen molar-refractivity contribution >= 4 is 24.1 Å². The quantitative estimate of drug-likeness (QED) is 0.415. The average molecular weight is 399 g/mol. The molecule has 0 spiro atoms. The van der Waals surface area contributed by atoms with Gasteiger partial charge in [0.25, 0.3) is 0 Å². The number of carbonyl (C=O) groups is 4. The molecule has 1 aliphatic rings. The summed E-state index contributed by atoms with van der Waals surface area (Å²) in [5.41, 5.74) is -0.227. The molecular formula is C18H29N3O7. The second-order valence-electron chi connectivity index (χ2n) is 7.01. The summed E-state index contributed by atoms with van der Waals surface area (Å²) in [4.78, 5) is 47.4. The van der Waals surface area contributed by atoms with Gasteiger partial charge in [-0.25, -0.2) is 14.4 Å². The van der Waals surface area contributed by atoms with Crippen LogP contribution < -0.4 is 16.0 Å². The van der Waals surface area contributed by atoms with E-state index in [-0.39, 0.29) is 37.4 Å². The molecule has 10 nitrogen and oxygen atoms in total. The van der Waals surface area contributed by atoms with Gasteiger partial charge in [-0.05, 0) is 34.1 Å². The second-order valence-corrected chi connectivity index (χ2v) is 7.01. The summed E-state index contributed by atoms with van der Waals surface area (Å²) in [7, 11) is 0. The van der Waals surface area contributed by atoms with Crippen molar-refractivity contribution in [1.29, 1.82) is 0 Å². The highest BCUT2D eigenvalue weighted by Crippen LogP contribution is 2.17. The molecule has 0 aromatic heterocycles. The predicted molar refractivity (Wildman–Crippen MR) is 99.2 cm³/mol. The number of ether oxygens (including phenoxy) is 3. The highest BCUT2D eigenvalue weighted by Gasteiger charge is 2.32. The number of hydrogen-bond donors (Lipinski definition) is 3. The van der Waals surface area contributed by atoms with Gasteiger partial charge in [0.2, 0.25) is 0 Å². The van der Waals surface area contributed by atoms with Crippen LogP contribution in [0.3, 0.4) is 0 Å². The number of esters is 2. The van der Waals surface area contributed by atoms with E-state index < -0.39 is 35.7 Å². The number of hydrogen-bond acceptors (Lipinski definition) is 7. The van der Waals surface area contributed by atoms with Gasteiger partial charge < -0.3 is 30.2 Å². The first-order valence-electron chi connectivity index (χ1n) is 9.17. The normalized spacial score (nSPS) is 16.6. The van der Waals surface area contributed by atoms with E-state index in [0.29, 0.717) is 6.42 Å². The number of carbonyl (C=O) groups excluding carboxylic acids is 4. The fraction of sp³-hybridized carbons (Fsp3) is 0.667. The molecule has 0 radical (unpaired) electrons. The van der Waals surface area contributed by atoms with E-state index in [1.54, 1.807) is 27.7 Å². The summed E-state index contributed by atoms with van der Waals surface area (Å²) < 4.78 is 15.2. The Bertz CT molecular complexity index is 638. The van der Waals surface area contributed by atoms with Crippen LogP contribution in [0.1, 0.15) is 47.5 Å². The third-order valence-corrected chi connectivity index (χ3v) is 3.52. The molecule has 1 rings (SSSR count). The lowest BCUT2D eigenvalue weighted by molar-refractivity contribution is -0.143. The van der Waals surface area contributed by atoms with Gasteiger partial charge in [-0.15, -0.1) is 0 Å². The molecule has 1 atom stereocenters. The molecule has 0 aromatic rings. The average Bonchev–Trinajstić information content (AvgIpc) is 2.57. The Kier molecular flexibility index (Phi) is 8.75. The second kappa shape index (κ2) is 10.5. The summed E-state index contributed by atoms with van der Waals surface area (Å²) in [6, 6.07) is -1.02. The topological polar surface area (TPSA) is 132 Å². The zero-order valence-electron chi connectivity index (χ0n) is 17.0. The van der Waals surface area contributed by atoms with E-state index in [1.807, 2.05) is 6.92 Å². The van der Waals surface area contributed by atoms with Crippen LogP contribution in [0.4, 0.5) is 9.59 Å². The maximum absolute atomic E-state index is 12.2. The van der Waals surface area contributed by atoms with Gasteiger partial charge in [0.15, 0.2) is 0 Å². The van der Waals surface area contributed by atoms with E-state index in [9.17, 15) is 19.2 Å². The third-order valence-electron chi connectivity index (χ3n) is 3.52. The van der Waals surface area contributed by atoms with Gasteiger partial charge in [0.1, 0.15) is 12.2 Å². The molecule has 1 aliphatic heterocycles. The van der Waals surface area contributed by atoms with Crippen molar-refractivity contribution < 1.29 is 33.4 Å². The minimum absolute atomic E-state index is 0.0308. The molecule has 28 heavy (non-hydrogen) atoms. The molecule has 0 bridgehead atoms. The zero-order valence-corrected chi connectivity index (χ0v) is 17.0. The van der Waals surface area contributed by atoms with Crippen LogP contribution in [0.5, 0.6) is 0 Å². The highest BCUT2D eigenvalue weighted by atomic mass is 16.6. The van der Waals surface area contributed by atoms with Gasteiger partial charge in [-0.2, -0.15) is 0 Å². The summed E-state index contributed by atoms with van der Waals surface area (Å²) >= 11 is 0. The van der Waals surface area contributed by atoms with Gasteiger partial charge in [0, 0.05) is 6.54 Å². The van der Waals surface area contributed by atoms with E-state index in [2.05, 4.69) is 16.0 Å². The number of alkyl carbamates (subject to hydrolysis) is 1. The lowest BCUT2D eigenvalue weighted by atomic mass is 10.0. The largest absolute Gasteiger partial charge is 0.463 e. The van der Waals surface area contributed by atoms with Crippen molar-refractivity contribution in [2.24, 2.45) is 0 Å². The smallest absolute Gasteiger partial charge is 0.407 e. The van der Waals surface area contributed by atoms with Crippen molar-refractivity contribution in [2.45, 2.75) is 59.1 Å². The van der Waals surface area contributed by atoms with Crippen LogP contribution in [0.2, 0.25) is 0 Å². The third kappa shape index (κ3) is 7.85. The first-order valence-corrected chi connectivity index (χ1v) is 9.17. The van der Waals surface area contributed by atoms with Gasteiger partial charge in [-0.3, -0.25) is 4.79 Å². The van der Waals surface area contributed by atoms with Gasteiger partial charge in [0.05, 0.1) is 30.3 Å². The van der Waals surface area contributed by atoms with Crippen molar-refractivity contribution in [3.63, 3.8) is 0 Å². The molecule has 3 N–H and O–H groups in total. The molecule has 0 aromatic carbocycles. The molecule has 0 unspecified atom stereocenters. The maximum Gasteiger partial charge on any atom is 0.407 e. The van der Waals surface area contributed by atoms with E-state index in [0.717, 1.165) is 0 Å². The molecule has 0 saturated heterocycles. The Morgan fingerprint density at radius 1 is 1.14 bits per heavy atom. The molecule has 0 fully saturated rings.